The number of ketones is 1. The van der Waals surface area contributed by atoms with Crippen molar-refractivity contribution >= 4 is 17.4 Å². The first kappa shape index (κ1) is 12.9. The molecule has 1 aromatic carbocycles. The number of Topliss-reactive ketones (excluding diaryl/α,β-unsaturated/α-hetero) is 1. The van der Waals surface area contributed by atoms with Crippen LogP contribution >= 0.6 is 11.6 Å². The third kappa shape index (κ3) is 2.77. The highest BCUT2D eigenvalue weighted by molar-refractivity contribution is 6.30. The number of carbonyl (C=O) groups is 1. The van der Waals surface area contributed by atoms with Gasteiger partial charge in [0.15, 0.2) is 0 Å². The Labute approximate surface area is 118 Å². The molecule has 1 fully saturated rings. The molecule has 0 aromatic heterocycles. The van der Waals surface area contributed by atoms with Gasteiger partial charge in [-0.25, -0.2) is 0 Å². The number of carbonyl (C=O) groups excluding carboxylic acids is 1. The summed E-state index contributed by atoms with van der Waals surface area (Å²) in [4.78, 5) is 12.3. The standard InChI is InChI=1S/C15H18ClNO2/c16-13-6-10-3-5-19-15(10)12(7-13)8-14(18)11-2-1-4-17-9-11/h6-7,11,17H,1-5,8-9H2. The summed E-state index contributed by atoms with van der Waals surface area (Å²) in [5.41, 5.74) is 2.09. The van der Waals surface area contributed by atoms with Gasteiger partial charge in [0.2, 0.25) is 0 Å². The van der Waals surface area contributed by atoms with Gasteiger partial charge < -0.3 is 10.1 Å². The van der Waals surface area contributed by atoms with Gasteiger partial charge >= 0.3 is 0 Å². The Morgan fingerprint density at radius 2 is 2.37 bits per heavy atom. The Morgan fingerprint density at radius 1 is 1.47 bits per heavy atom. The van der Waals surface area contributed by atoms with E-state index in [1.165, 1.54) is 0 Å². The van der Waals surface area contributed by atoms with Crippen molar-refractivity contribution in [1.82, 2.24) is 5.32 Å². The molecule has 1 aromatic rings. The number of benzene rings is 1. The van der Waals surface area contributed by atoms with E-state index in [1.54, 1.807) is 0 Å². The van der Waals surface area contributed by atoms with E-state index in [1.807, 2.05) is 12.1 Å². The zero-order valence-corrected chi connectivity index (χ0v) is 11.6. The highest BCUT2D eigenvalue weighted by atomic mass is 35.5. The lowest BCUT2D eigenvalue weighted by Gasteiger charge is -2.21. The molecule has 2 aliphatic rings. The zero-order valence-electron chi connectivity index (χ0n) is 10.9. The second kappa shape index (κ2) is 5.51. The minimum atomic E-state index is 0.143. The molecule has 3 nitrogen and oxygen atoms in total. The molecular weight excluding hydrogens is 262 g/mol. The molecule has 0 saturated carbocycles. The molecule has 1 atom stereocenters. The summed E-state index contributed by atoms with van der Waals surface area (Å²) in [6.07, 6.45) is 3.41. The van der Waals surface area contributed by atoms with Crippen LogP contribution in [0.2, 0.25) is 5.02 Å². The number of hydrogen-bond donors (Lipinski definition) is 1. The number of ether oxygens (including phenoxy) is 1. The SMILES string of the molecule is O=C(Cc1cc(Cl)cc2c1OCC2)C1CCCNC1. The van der Waals surface area contributed by atoms with E-state index in [-0.39, 0.29) is 5.92 Å². The third-order valence-corrected chi connectivity index (χ3v) is 4.16. The molecule has 1 N–H and O–H groups in total. The van der Waals surface area contributed by atoms with E-state index in [0.29, 0.717) is 23.8 Å². The van der Waals surface area contributed by atoms with Crippen molar-refractivity contribution in [3.8, 4) is 5.75 Å². The van der Waals surface area contributed by atoms with Gasteiger partial charge in [0.1, 0.15) is 11.5 Å². The molecule has 0 aliphatic carbocycles. The number of nitrogens with one attached hydrogen (secondary N) is 1. The Morgan fingerprint density at radius 3 is 3.16 bits per heavy atom. The lowest BCUT2D eigenvalue weighted by molar-refractivity contribution is -0.122. The summed E-state index contributed by atoms with van der Waals surface area (Å²) in [7, 11) is 0. The maximum atomic E-state index is 12.3. The van der Waals surface area contributed by atoms with E-state index in [0.717, 1.165) is 49.2 Å². The third-order valence-electron chi connectivity index (χ3n) is 3.94. The Kier molecular flexibility index (Phi) is 3.76. The summed E-state index contributed by atoms with van der Waals surface area (Å²) in [6, 6.07) is 3.82. The fraction of sp³-hybridized carbons (Fsp3) is 0.533. The van der Waals surface area contributed by atoms with Crippen LogP contribution in [0.25, 0.3) is 0 Å². The fourth-order valence-corrected chi connectivity index (χ4v) is 3.20. The summed E-state index contributed by atoms with van der Waals surface area (Å²) in [6.45, 7) is 2.53. The molecule has 1 unspecified atom stereocenters. The molecule has 4 heteroatoms. The molecular formula is C15H18ClNO2. The van der Waals surface area contributed by atoms with Crippen LogP contribution in [0.3, 0.4) is 0 Å². The van der Waals surface area contributed by atoms with E-state index >= 15 is 0 Å². The maximum Gasteiger partial charge on any atom is 0.141 e. The minimum absolute atomic E-state index is 0.143. The molecule has 2 heterocycles. The van der Waals surface area contributed by atoms with Crippen LogP contribution in [0, 0.1) is 5.92 Å². The average molecular weight is 280 g/mol. The van der Waals surface area contributed by atoms with E-state index < -0.39 is 0 Å². The predicted octanol–water partition coefficient (Wildman–Crippen LogP) is 2.39. The van der Waals surface area contributed by atoms with Crippen molar-refractivity contribution < 1.29 is 9.53 Å². The van der Waals surface area contributed by atoms with Gasteiger partial charge in [-0.3, -0.25) is 4.79 Å². The summed E-state index contributed by atoms with van der Waals surface area (Å²) in [5.74, 6) is 1.33. The molecule has 0 radical (unpaired) electrons. The van der Waals surface area contributed by atoms with Gasteiger partial charge in [-0.05, 0) is 37.1 Å². The zero-order chi connectivity index (χ0) is 13.2. The second-order valence-corrected chi connectivity index (χ2v) is 5.77. The van der Waals surface area contributed by atoms with Crippen molar-refractivity contribution in [1.29, 1.82) is 0 Å². The number of halogens is 1. The first-order valence-corrected chi connectivity index (χ1v) is 7.29. The first-order valence-electron chi connectivity index (χ1n) is 6.91. The monoisotopic (exact) mass is 279 g/mol. The van der Waals surface area contributed by atoms with Gasteiger partial charge in [0, 0.05) is 35.9 Å². The van der Waals surface area contributed by atoms with E-state index in [2.05, 4.69) is 5.32 Å². The smallest absolute Gasteiger partial charge is 0.141 e. The molecule has 19 heavy (non-hydrogen) atoms. The summed E-state index contributed by atoms with van der Waals surface area (Å²) >= 11 is 6.12. The van der Waals surface area contributed by atoms with Crippen molar-refractivity contribution in [2.45, 2.75) is 25.7 Å². The van der Waals surface area contributed by atoms with Crippen LogP contribution in [0.4, 0.5) is 0 Å². The predicted molar refractivity (Wildman–Crippen MR) is 75.0 cm³/mol. The van der Waals surface area contributed by atoms with Gasteiger partial charge in [-0.2, -0.15) is 0 Å². The molecule has 1 saturated heterocycles. The second-order valence-electron chi connectivity index (χ2n) is 5.34. The van der Waals surface area contributed by atoms with E-state index in [9.17, 15) is 4.79 Å². The Bertz CT molecular complexity index is 495. The first-order chi connectivity index (χ1) is 9.24. The summed E-state index contributed by atoms with van der Waals surface area (Å²) < 4.78 is 5.65. The molecule has 3 rings (SSSR count). The Balaban J connectivity index is 1.77. The van der Waals surface area contributed by atoms with Crippen LogP contribution in [0.1, 0.15) is 24.0 Å². The van der Waals surface area contributed by atoms with Crippen molar-refractivity contribution in [2.24, 2.45) is 5.92 Å². The van der Waals surface area contributed by atoms with Gasteiger partial charge in [0.05, 0.1) is 6.61 Å². The summed E-state index contributed by atoms with van der Waals surface area (Å²) in [5, 5.41) is 3.99. The van der Waals surface area contributed by atoms with Gasteiger partial charge in [-0.15, -0.1) is 0 Å². The normalized spacial score (nSPS) is 21.8. The molecule has 2 aliphatic heterocycles. The number of piperidine rings is 1. The number of hydrogen-bond acceptors (Lipinski definition) is 3. The minimum Gasteiger partial charge on any atom is -0.493 e. The molecule has 0 bridgehead atoms. The quantitative estimate of drug-likeness (QED) is 0.923. The lowest BCUT2D eigenvalue weighted by atomic mass is 9.90. The van der Waals surface area contributed by atoms with Crippen LogP contribution in [-0.2, 0) is 17.6 Å². The van der Waals surface area contributed by atoms with Crippen molar-refractivity contribution in [2.75, 3.05) is 19.7 Å². The number of fused-ring (bicyclic) bond motifs is 1. The van der Waals surface area contributed by atoms with Crippen LogP contribution in [-0.4, -0.2) is 25.5 Å². The molecule has 0 amide bonds. The topological polar surface area (TPSA) is 38.3 Å². The highest BCUT2D eigenvalue weighted by Gasteiger charge is 2.24. The average Bonchev–Trinajstić information content (AvgIpc) is 2.88. The Hall–Kier alpha value is -1.06. The lowest BCUT2D eigenvalue weighted by Crippen LogP contribution is -2.35. The van der Waals surface area contributed by atoms with Gasteiger partial charge in [0.25, 0.3) is 0 Å². The van der Waals surface area contributed by atoms with E-state index in [4.69, 9.17) is 16.3 Å². The molecule has 102 valence electrons. The highest BCUT2D eigenvalue weighted by Crippen LogP contribution is 2.33. The van der Waals surface area contributed by atoms with Crippen LogP contribution in [0.5, 0.6) is 5.75 Å². The van der Waals surface area contributed by atoms with Crippen molar-refractivity contribution in [3.63, 3.8) is 0 Å². The number of rotatable bonds is 3. The fourth-order valence-electron chi connectivity index (χ4n) is 2.94. The van der Waals surface area contributed by atoms with Crippen LogP contribution in [0.15, 0.2) is 12.1 Å². The molecule has 0 spiro atoms. The maximum absolute atomic E-state index is 12.3. The largest absolute Gasteiger partial charge is 0.493 e. The van der Waals surface area contributed by atoms with Crippen molar-refractivity contribution in [3.05, 3.63) is 28.3 Å². The van der Waals surface area contributed by atoms with Crippen LogP contribution < -0.4 is 10.1 Å². The van der Waals surface area contributed by atoms with Gasteiger partial charge in [-0.1, -0.05) is 11.6 Å².